The molecule has 0 fully saturated rings. The van der Waals surface area contributed by atoms with Crippen molar-refractivity contribution in [3.63, 3.8) is 0 Å². The molecular weight excluding hydrogens is 268 g/mol. The van der Waals surface area contributed by atoms with E-state index < -0.39 is 0 Å². The van der Waals surface area contributed by atoms with Crippen LogP contribution < -0.4 is 5.32 Å². The number of hydrogen-bond acceptors (Lipinski definition) is 5. The summed E-state index contributed by atoms with van der Waals surface area (Å²) >= 11 is 1.59. The first kappa shape index (κ1) is 13.6. The highest BCUT2D eigenvalue weighted by atomic mass is 32.1. The van der Waals surface area contributed by atoms with Gasteiger partial charge in [0.1, 0.15) is 5.69 Å². The number of hydrogen-bond donors (Lipinski definition) is 1. The van der Waals surface area contributed by atoms with Gasteiger partial charge in [-0.15, -0.1) is 11.3 Å². The summed E-state index contributed by atoms with van der Waals surface area (Å²) < 4.78 is 0. The Morgan fingerprint density at radius 3 is 3.05 bits per heavy atom. The molecule has 1 aliphatic rings. The Hall–Kier alpha value is -1.33. The number of thiazole rings is 1. The van der Waals surface area contributed by atoms with Crippen molar-refractivity contribution in [3.8, 4) is 11.5 Å². The van der Waals surface area contributed by atoms with Crippen LogP contribution in [0.3, 0.4) is 0 Å². The van der Waals surface area contributed by atoms with Gasteiger partial charge in [0, 0.05) is 16.8 Å². The van der Waals surface area contributed by atoms with Gasteiger partial charge in [0.2, 0.25) is 0 Å². The highest BCUT2D eigenvalue weighted by molar-refractivity contribution is 7.07. The molecule has 0 spiro atoms. The highest BCUT2D eigenvalue weighted by Crippen LogP contribution is 2.28. The SMILES string of the molecule is CCNCC1CCc2nc(-c3cscn3)nc(C)c2C1. The minimum atomic E-state index is 0.717. The molecule has 2 aromatic rings. The van der Waals surface area contributed by atoms with Crippen LogP contribution in [-0.4, -0.2) is 28.0 Å². The number of aromatic nitrogens is 3. The first-order valence-corrected chi connectivity index (χ1v) is 8.18. The summed E-state index contributed by atoms with van der Waals surface area (Å²) in [6, 6.07) is 0. The van der Waals surface area contributed by atoms with Gasteiger partial charge >= 0.3 is 0 Å². The average Bonchev–Trinajstić information content (AvgIpc) is 2.99. The van der Waals surface area contributed by atoms with Crippen LogP contribution in [0.4, 0.5) is 0 Å². The Morgan fingerprint density at radius 2 is 2.30 bits per heavy atom. The molecule has 0 amide bonds. The largest absolute Gasteiger partial charge is 0.317 e. The van der Waals surface area contributed by atoms with Crippen molar-refractivity contribution in [1.29, 1.82) is 0 Å². The maximum atomic E-state index is 4.74. The molecule has 0 aromatic carbocycles. The normalized spacial score (nSPS) is 18.0. The van der Waals surface area contributed by atoms with E-state index >= 15 is 0 Å². The maximum Gasteiger partial charge on any atom is 0.179 e. The zero-order chi connectivity index (χ0) is 13.9. The van der Waals surface area contributed by atoms with E-state index in [1.807, 2.05) is 10.9 Å². The number of fused-ring (bicyclic) bond motifs is 1. The third-order valence-electron chi connectivity index (χ3n) is 3.93. The molecule has 0 saturated heterocycles. The van der Waals surface area contributed by atoms with Gasteiger partial charge in [0.05, 0.1) is 5.51 Å². The molecule has 1 N–H and O–H groups in total. The standard InChI is InChI=1S/C15H20N4S/c1-3-16-7-11-4-5-13-12(6-11)10(2)18-15(19-13)14-8-20-9-17-14/h8-9,11,16H,3-7H2,1-2H3. The van der Waals surface area contributed by atoms with Gasteiger partial charge in [-0.2, -0.15) is 0 Å². The van der Waals surface area contributed by atoms with Crippen molar-refractivity contribution in [3.05, 3.63) is 27.8 Å². The third-order valence-corrected chi connectivity index (χ3v) is 4.51. The Bertz CT molecular complexity index is 580. The van der Waals surface area contributed by atoms with E-state index in [9.17, 15) is 0 Å². The van der Waals surface area contributed by atoms with Crippen LogP contribution in [0.1, 0.15) is 30.3 Å². The lowest BCUT2D eigenvalue weighted by atomic mass is 9.85. The predicted octanol–water partition coefficient (Wildman–Crippen LogP) is 2.62. The molecule has 4 nitrogen and oxygen atoms in total. The smallest absolute Gasteiger partial charge is 0.179 e. The lowest BCUT2D eigenvalue weighted by molar-refractivity contribution is 0.423. The van der Waals surface area contributed by atoms with Crippen LogP contribution in [0.2, 0.25) is 0 Å². The summed E-state index contributed by atoms with van der Waals surface area (Å²) in [5, 5.41) is 5.46. The second-order valence-electron chi connectivity index (χ2n) is 5.35. The molecule has 1 atom stereocenters. The van der Waals surface area contributed by atoms with Crippen LogP contribution >= 0.6 is 11.3 Å². The topological polar surface area (TPSA) is 50.7 Å². The fourth-order valence-corrected chi connectivity index (χ4v) is 3.35. The van der Waals surface area contributed by atoms with Gasteiger partial charge in [-0.1, -0.05) is 6.92 Å². The zero-order valence-corrected chi connectivity index (χ0v) is 12.8. The van der Waals surface area contributed by atoms with E-state index in [0.29, 0.717) is 0 Å². The van der Waals surface area contributed by atoms with E-state index in [-0.39, 0.29) is 0 Å². The number of nitrogens with one attached hydrogen (secondary N) is 1. The number of nitrogens with zero attached hydrogens (tertiary/aromatic N) is 3. The lowest BCUT2D eigenvalue weighted by Crippen LogP contribution is -2.28. The fraction of sp³-hybridized carbons (Fsp3) is 0.533. The number of aryl methyl sites for hydroxylation is 2. The first-order valence-electron chi connectivity index (χ1n) is 7.23. The minimum absolute atomic E-state index is 0.717. The van der Waals surface area contributed by atoms with Gasteiger partial charge in [-0.3, -0.25) is 0 Å². The van der Waals surface area contributed by atoms with E-state index in [1.54, 1.807) is 11.3 Å². The summed E-state index contributed by atoms with van der Waals surface area (Å²) in [4.78, 5) is 13.7. The van der Waals surface area contributed by atoms with Crippen molar-refractivity contribution >= 4 is 11.3 Å². The first-order chi connectivity index (χ1) is 9.78. The van der Waals surface area contributed by atoms with Crippen molar-refractivity contribution in [2.45, 2.75) is 33.1 Å². The molecule has 3 rings (SSSR count). The molecule has 1 aliphatic carbocycles. The summed E-state index contributed by atoms with van der Waals surface area (Å²) in [5.41, 5.74) is 6.45. The van der Waals surface area contributed by atoms with Gasteiger partial charge in [0.15, 0.2) is 5.82 Å². The van der Waals surface area contributed by atoms with Crippen LogP contribution in [0.25, 0.3) is 11.5 Å². The Balaban J connectivity index is 1.85. The molecule has 20 heavy (non-hydrogen) atoms. The van der Waals surface area contributed by atoms with Gasteiger partial charge in [-0.05, 0) is 50.8 Å². The molecule has 5 heteroatoms. The van der Waals surface area contributed by atoms with Crippen LogP contribution in [0.5, 0.6) is 0 Å². The quantitative estimate of drug-likeness (QED) is 0.939. The predicted molar refractivity (Wildman–Crippen MR) is 81.9 cm³/mol. The second kappa shape index (κ2) is 5.97. The molecule has 0 aliphatic heterocycles. The molecule has 0 radical (unpaired) electrons. The Kier molecular flexibility index (Phi) is 4.08. The Labute approximate surface area is 123 Å². The van der Waals surface area contributed by atoms with Crippen molar-refractivity contribution in [2.24, 2.45) is 5.92 Å². The van der Waals surface area contributed by atoms with Crippen LogP contribution in [-0.2, 0) is 12.8 Å². The fourth-order valence-electron chi connectivity index (χ4n) is 2.82. The molecule has 2 aromatic heterocycles. The van der Waals surface area contributed by atoms with Gasteiger partial charge in [-0.25, -0.2) is 15.0 Å². The van der Waals surface area contributed by atoms with Crippen molar-refractivity contribution in [2.75, 3.05) is 13.1 Å². The molecule has 2 heterocycles. The molecule has 1 unspecified atom stereocenters. The zero-order valence-electron chi connectivity index (χ0n) is 12.0. The van der Waals surface area contributed by atoms with E-state index in [2.05, 4.69) is 29.1 Å². The van der Waals surface area contributed by atoms with Gasteiger partial charge < -0.3 is 5.32 Å². The molecular formula is C15H20N4S. The van der Waals surface area contributed by atoms with Crippen LogP contribution in [0, 0.1) is 12.8 Å². The monoisotopic (exact) mass is 288 g/mol. The third kappa shape index (κ3) is 2.74. The van der Waals surface area contributed by atoms with Crippen LogP contribution in [0.15, 0.2) is 10.9 Å². The average molecular weight is 288 g/mol. The summed E-state index contributed by atoms with van der Waals surface area (Å²) in [7, 11) is 0. The van der Waals surface area contributed by atoms with Crippen molar-refractivity contribution < 1.29 is 0 Å². The lowest BCUT2D eigenvalue weighted by Gasteiger charge is -2.25. The van der Waals surface area contributed by atoms with E-state index in [1.165, 1.54) is 17.7 Å². The highest BCUT2D eigenvalue weighted by Gasteiger charge is 2.22. The summed E-state index contributed by atoms with van der Waals surface area (Å²) in [5.74, 6) is 1.50. The molecule has 0 saturated carbocycles. The number of rotatable bonds is 4. The van der Waals surface area contributed by atoms with Gasteiger partial charge in [0.25, 0.3) is 0 Å². The molecule has 0 bridgehead atoms. The van der Waals surface area contributed by atoms with Crippen molar-refractivity contribution in [1.82, 2.24) is 20.3 Å². The molecule has 106 valence electrons. The van der Waals surface area contributed by atoms with E-state index in [0.717, 1.165) is 49.1 Å². The summed E-state index contributed by atoms with van der Waals surface area (Å²) in [6.45, 7) is 6.40. The summed E-state index contributed by atoms with van der Waals surface area (Å²) in [6.07, 6.45) is 3.38. The van der Waals surface area contributed by atoms with E-state index in [4.69, 9.17) is 4.98 Å². The second-order valence-corrected chi connectivity index (χ2v) is 6.07. The Morgan fingerprint density at radius 1 is 1.40 bits per heavy atom. The maximum absolute atomic E-state index is 4.74. The minimum Gasteiger partial charge on any atom is -0.317 e.